The number of nitrogens with one attached hydrogen (secondary N) is 2. The first-order valence-corrected chi connectivity index (χ1v) is 5.79. The summed E-state index contributed by atoms with van der Waals surface area (Å²) in [6, 6.07) is 4.68. The van der Waals surface area contributed by atoms with Gasteiger partial charge in [-0.1, -0.05) is 6.58 Å². The summed E-state index contributed by atoms with van der Waals surface area (Å²) in [5, 5.41) is 3.59. The Morgan fingerprint density at radius 1 is 1.56 bits per heavy atom. The van der Waals surface area contributed by atoms with E-state index in [0.29, 0.717) is 13.0 Å². The number of halogens is 1. The molecule has 0 fully saturated rings. The Labute approximate surface area is 105 Å². The fourth-order valence-corrected chi connectivity index (χ4v) is 2.06. The predicted octanol–water partition coefficient (Wildman–Crippen LogP) is 2.46. The van der Waals surface area contributed by atoms with E-state index >= 15 is 0 Å². The Bertz CT molecular complexity index is 601. The van der Waals surface area contributed by atoms with E-state index in [4.69, 9.17) is 0 Å². The van der Waals surface area contributed by atoms with Gasteiger partial charge in [-0.3, -0.25) is 4.79 Å². The molecule has 94 valence electrons. The first-order chi connectivity index (χ1) is 8.61. The van der Waals surface area contributed by atoms with Gasteiger partial charge in [0, 0.05) is 23.1 Å². The number of benzene rings is 1. The number of H-pyrrole nitrogens is 1. The molecule has 0 aliphatic rings. The highest BCUT2D eigenvalue weighted by atomic mass is 19.1. The van der Waals surface area contributed by atoms with Crippen LogP contribution in [0.5, 0.6) is 0 Å². The number of rotatable bonds is 4. The maximum absolute atomic E-state index is 13.2. The molecule has 4 heteroatoms. The summed E-state index contributed by atoms with van der Waals surface area (Å²) < 4.78 is 13.2. The van der Waals surface area contributed by atoms with E-state index in [-0.39, 0.29) is 11.7 Å². The van der Waals surface area contributed by atoms with Gasteiger partial charge >= 0.3 is 0 Å². The lowest BCUT2D eigenvalue weighted by atomic mass is 10.1. The molecule has 0 atom stereocenters. The fourth-order valence-electron chi connectivity index (χ4n) is 2.06. The second kappa shape index (κ2) is 5.04. The summed E-state index contributed by atoms with van der Waals surface area (Å²) in [5.74, 6) is -0.448. The van der Waals surface area contributed by atoms with E-state index in [1.807, 2.05) is 6.92 Å². The standard InChI is InChI=1S/C14H15FN2O/c1-3-14(18)16-7-6-11-9(2)17-13-5-4-10(15)8-12(11)13/h3-5,8,17H,1,6-7H2,2H3,(H,16,18). The number of carbonyl (C=O) groups is 1. The quantitative estimate of drug-likeness (QED) is 0.800. The van der Waals surface area contributed by atoms with Crippen molar-refractivity contribution in [3.63, 3.8) is 0 Å². The first-order valence-electron chi connectivity index (χ1n) is 5.79. The number of aromatic nitrogens is 1. The van der Waals surface area contributed by atoms with Gasteiger partial charge in [0.25, 0.3) is 0 Å². The van der Waals surface area contributed by atoms with Crippen LogP contribution in [-0.4, -0.2) is 17.4 Å². The van der Waals surface area contributed by atoms with Gasteiger partial charge in [-0.2, -0.15) is 0 Å². The molecule has 0 aliphatic heterocycles. The summed E-state index contributed by atoms with van der Waals surface area (Å²) in [6.45, 7) is 5.84. The SMILES string of the molecule is C=CC(=O)NCCc1c(C)[nH]c2ccc(F)cc12. The third kappa shape index (κ3) is 2.42. The van der Waals surface area contributed by atoms with Crippen molar-refractivity contribution in [1.29, 1.82) is 0 Å². The summed E-state index contributed by atoms with van der Waals surface area (Å²) in [5.41, 5.74) is 2.95. The van der Waals surface area contributed by atoms with Crippen LogP contribution in [0, 0.1) is 12.7 Å². The first kappa shape index (κ1) is 12.4. The minimum absolute atomic E-state index is 0.196. The molecule has 2 rings (SSSR count). The molecule has 0 aliphatic carbocycles. The molecule has 2 aromatic rings. The Morgan fingerprint density at radius 3 is 3.06 bits per heavy atom. The lowest BCUT2D eigenvalue weighted by Gasteiger charge is -2.03. The van der Waals surface area contributed by atoms with E-state index in [1.54, 1.807) is 6.07 Å². The minimum atomic E-state index is -0.252. The number of hydrogen-bond acceptors (Lipinski definition) is 1. The highest BCUT2D eigenvalue weighted by molar-refractivity contribution is 5.87. The summed E-state index contributed by atoms with van der Waals surface area (Å²) in [4.78, 5) is 14.3. The molecule has 1 amide bonds. The van der Waals surface area contributed by atoms with Crippen molar-refractivity contribution in [1.82, 2.24) is 10.3 Å². The molecular formula is C14H15FN2O. The molecule has 1 aromatic carbocycles. The molecule has 0 saturated carbocycles. The number of amides is 1. The minimum Gasteiger partial charge on any atom is -0.358 e. The van der Waals surface area contributed by atoms with Crippen molar-refractivity contribution in [3.05, 3.63) is 47.9 Å². The molecule has 18 heavy (non-hydrogen) atoms. The third-order valence-electron chi connectivity index (χ3n) is 2.94. The van der Waals surface area contributed by atoms with Gasteiger partial charge < -0.3 is 10.3 Å². The van der Waals surface area contributed by atoms with Gasteiger partial charge in [-0.25, -0.2) is 4.39 Å². The predicted molar refractivity (Wildman–Crippen MR) is 69.9 cm³/mol. The van der Waals surface area contributed by atoms with Crippen molar-refractivity contribution in [2.75, 3.05) is 6.54 Å². The average Bonchev–Trinajstić information content (AvgIpc) is 2.65. The fraction of sp³-hybridized carbons (Fsp3) is 0.214. The molecule has 1 aromatic heterocycles. The third-order valence-corrected chi connectivity index (χ3v) is 2.94. The van der Waals surface area contributed by atoms with Crippen molar-refractivity contribution in [2.24, 2.45) is 0 Å². The van der Waals surface area contributed by atoms with Crippen molar-refractivity contribution >= 4 is 16.8 Å². The topological polar surface area (TPSA) is 44.9 Å². The largest absolute Gasteiger partial charge is 0.358 e. The van der Waals surface area contributed by atoms with Gasteiger partial charge in [0.05, 0.1) is 0 Å². The van der Waals surface area contributed by atoms with E-state index in [0.717, 1.165) is 22.2 Å². The van der Waals surface area contributed by atoms with Crippen LogP contribution in [0.4, 0.5) is 4.39 Å². The smallest absolute Gasteiger partial charge is 0.243 e. The Balaban J connectivity index is 2.21. The van der Waals surface area contributed by atoms with E-state index in [2.05, 4.69) is 16.9 Å². The van der Waals surface area contributed by atoms with Crippen LogP contribution in [0.15, 0.2) is 30.9 Å². The summed E-state index contributed by atoms with van der Waals surface area (Å²) in [6.07, 6.45) is 1.90. The van der Waals surface area contributed by atoms with Gasteiger partial charge in [0.15, 0.2) is 0 Å². The number of fused-ring (bicyclic) bond motifs is 1. The highest BCUT2D eigenvalue weighted by Gasteiger charge is 2.09. The zero-order valence-corrected chi connectivity index (χ0v) is 10.2. The number of carbonyl (C=O) groups excluding carboxylic acids is 1. The summed E-state index contributed by atoms with van der Waals surface area (Å²) >= 11 is 0. The zero-order chi connectivity index (χ0) is 13.1. The monoisotopic (exact) mass is 246 g/mol. The number of aryl methyl sites for hydroxylation is 1. The molecular weight excluding hydrogens is 231 g/mol. The van der Waals surface area contributed by atoms with Gasteiger partial charge in [-0.05, 0) is 43.2 Å². The van der Waals surface area contributed by atoms with Crippen molar-refractivity contribution in [3.8, 4) is 0 Å². The van der Waals surface area contributed by atoms with E-state index in [9.17, 15) is 9.18 Å². The zero-order valence-electron chi connectivity index (χ0n) is 10.2. The number of hydrogen-bond donors (Lipinski definition) is 2. The van der Waals surface area contributed by atoms with Gasteiger partial charge in [-0.15, -0.1) is 0 Å². The Morgan fingerprint density at radius 2 is 2.33 bits per heavy atom. The lowest BCUT2D eigenvalue weighted by molar-refractivity contribution is -0.116. The molecule has 0 bridgehead atoms. The van der Waals surface area contributed by atoms with Gasteiger partial charge in [0.2, 0.25) is 5.91 Å². The lowest BCUT2D eigenvalue weighted by Crippen LogP contribution is -2.23. The summed E-state index contributed by atoms with van der Waals surface area (Å²) in [7, 11) is 0. The normalized spacial score (nSPS) is 10.6. The average molecular weight is 246 g/mol. The van der Waals surface area contributed by atoms with Crippen LogP contribution in [0.3, 0.4) is 0 Å². The molecule has 3 nitrogen and oxygen atoms in total. The molecule has 0 unspecified atom stereocenters. The van der Waals surface area contributed by atoms with Crippen LogP contribution < -0.4 is 5.32 Å². The van der Waals surface area contributed by atoms with Crippen LogP contribution >= 0.6 is 0 Å². The molecule has 1 heterocycles. The van der Waals surface area contributed by atoms with Crippen LogP contribution in [0.1, 0.15) is 11.3 Å². The van der Waals surface area contributed by atoms with Crippen molar-refractivity contribution in [2.45, 2.75) is 13.3 Å². The molecule has 0 spiro atoms. The van der Waals surface area contributed by atoms with Crippen LogP contribution in [0.2, 0.25) is 0 Å². The second-order valence-electron chi connectivity index (χ2n) is 4.16. The Hall–Kier alpha value is -2.10. The second-order valence-corrected chi connectivity index (χ2v) is 4.16. The van der Waals surface area contributed by atoms with E-state index < -0.39 is 0 Å². The molecule has 0 radical (unpaired) electrons. The van der Waals surface area contributed by atoms with Crippen LogP contribution in [0.25, 0.3) is 10.9 Å². The maximum atomic E-state index is 13.2. The van der Waals surface area contributed by atoms with Crippen LogP contribution in [-0.2, 0) is 11.2 Å². The molecule has 2 N–H and O–H groups in total. The van der Waals surface area contributed by atoms with Gasteiger partial charge in [0.1, 0.15) is 5.82 Å². The van der Waals surface area contributed by atoms with E-state index in [1.165, 1.54) is 18.2 Å². The molecule has 0 saturated heterocycles. The van der Waals surface area contributed by atoms with Crippen molar-refractivity contribution < 1.29 is 9.18 Å². The Kier molecular flexibility index (Phi) is 3.46. The maximum Gasteiger partial charge on any atom is 0.243 e. The number of aromatic amines is 1. The highest BCUT2D eigenvalue weighted by Crippen LogP contribution is 2.23.